The lowest BCUT2D eigenvalue weighted by atomic mass is 10.0. The van der Waals surface area contributed by atoms with E-state index in [0.29, 0.717) is 18.5 Å². The van der Waals surface area contributed by atoms with Gasteiger partial charge < -0.3 is 5.32 Å². The van der Waals surface area contributed by atoms with Crippen LogP contribution in [0.15, 0.2) is 0 Å². The molecule has 1 unspecified atom stereocenters. The molecule has 1 atom stereocenters. The number of likely N-dealkylation sites (tertiary alicyclic amines) is 1. The van der Waals surface area contributed by atoms with Crippen LogP contribution in [0.2, 0.25) is 0 Å². The van der Waals surface area contributed by atoms with E-state index in [1.807, 2.05) is 0 Å². The Morgan fingerprint density at radius 3 is 2.87 bits per heavy atom. The van der Waals surface area contributed by atoms with Crippen molar-refractivity contribution in [3.63, 3.8) is 0 Å². The van der Waals surface area contributed by atoms with Gasteiger partial charge in [-0.25, -0.2) is 0 Å². The second kappa shape index (κ2) is 7.18. The first kappa shape index (κ1) is 12.9. The number of halogens is 1. The van der Waals surface area contributed by atoms with Crippen LogP contribution in [0.4, 0.5) is 4.39 Å². The van der Waals surface area contributed by atoms with E-state index in [1.54, 1.807) is 0 Å². The molecule has 0 bridgehead atoms. The minimum atomic E-state index is -0.180. The summed E-state index contributed by atoms with van der Waals surface area (Å²) >= 11 is 0. The molecule has 2 nitrogen and oxygen atoms in total. The fraction of sp³-hybridized carbons (Fsp3) is 1.00. The summed E-state index contributed by atoms with van der Waals surface area (Å²) in [6.45, 7) is 7.32. The van der Waals surface area contributed by atoms with Crippen molar-refractivity contribution in [2.24, 2.45) is 0 Å². The van der Waals surface area contributed by atoms with Gasteiger partial charge in [0.15, 0.2) is 0 Å². The van der Waals surface area contributed by atoms with Gasteiger partial charge in [-0.2, -0.15) is 0 Å². The van der Waals surface area contributed by atoms with Gasteiger partial charge in [-0.15, -0.1) is 0 Å². The normalized spacial score (nSPS) is 23.6. The molecule has 1 fully saturated rings. The molecule has 0 aromatic heterocycles. The number of hydrogen-bond acceptors (Lipinski definition) is 2. The summed E-state index contributed by atoms with van der Waals surface area (Å²) in [4.78, 5) is 2.46. The van der Waals surface area contributed by atoms with Crippen LogP contribution in [0.3, 0.4) is 0 Å². The van der Waals surface area contributed by atoms with Crippen LogP contribution in [0.25, 0.3) is 0 Å². The van der Waals surface area contributed by atoms with Gasteiger partial charge in [-0.1, -0.05) is 20.3 Å². The molecular weight excluding hydrogens is 191 g/mol. The molecule has 0 aliphatic carbocycles. The Labute approximate surface area is 93.2 Å². The van der Waals surface area contributed by atoms with Gasteiger partial charge in [0.05, 0.1) is 6.67 Å². The second-order valence-corrected chi connectivity index (χ2v) is 4.79. The minimum Gasteiger partial charge on any atom is -0.313 e. The van der Waals surface area contributed by atoms with Crippen LogP contribution in [-0.4, -0.2) is 43.3 Å². The minimum absolute atomic E-state index is 0.180. The molecule has 1 N–H and O–H groups in total. The van der Waals surface area contributed by atoms with E-state index in [9.17, 15) is 4.39 Å². The molecule has 1 saturated heterocycles. The van der Waals surface area contributed by atoms with E-state index < -0.39 is 0 Å². The van der Waals surface area contributed by atoms with Crippen molar-refractivity contribution in [3.05, 3.63) is 0 Å². The van der Waals surface area contributed by atoms with Crippen molar-refractivity contribution in [2.75, 3.05) is 26.3 Å². The second-order valence-electron chi connectivity index (χ2n) is 4.79. The van der Waals surface area contributed by atoms with Crippen molar-refractivity contribution in [1.82, 2.24) is 10.2 Å². The maximum absolute atomic E-state index is 12.1. The van der Waals surface area contributed by atoms with Gasteiger partial charge in [0.25, 0.3) is 0 Å². The van der Waals surface area contributed by atoms with Crippen molar-refractivity contribution in [3.8, 4) is 0 Å². The van der Waals surface area contributed by atoms with Crippen molar-refractivity contribution in [1.29, 1.82) is 0 Å². The third-order valence-electron chi connectivity index (χ3n) is 3.09. The zero-order valence-electron chi connectivity index (χ0n) is 10.1. The van der Waals surface area contributed by atoms with Crippen LogP contribution in [0.5, 0.6) is 0 Å². The lowest BCUT2D eigenvalue weighted by Crippen LogP contribution is -2.47. The highest BCUT2D eigenvalue weighted by Crippen LogP contribution is 2.16. The first-order valence-corrected chi connectivity index (χ1v) is 6.27. The van der Waals surface area contributed by atoms with Gasteiger partial charge in [0, 0.05) is 25.2 Å². The number of alkyl halides is 1. The average Bonchev–Trinajstić information content (AvgIpc) is 2.24. The highest BCUT2D eigenvalue weighted by Gasteiger charge is 2.21. The summed E-state index contributed by atoms with van der Waals surface area (Å²) in [5.41, 5.74) is 0. The molecule has 1 heterocycles. The summed E-state index contributed by atoms with van der Waals surface area (Å²) in [6.07, 6.45) is 4.57. The van der Waals surface area contributed by atoms with Gasteiger partial charge in [0.2, 0.25) is 0 Å². The zero-order chi connectivity index (χ0) is 11.1. The molecule has 0 radical (unpaired) electrons. The van der Waals surface area contributed by atoms with Gasteiger partial charge >= 0.3 is 0 Å². The number of nitrogens with one attached hydrogen (secondary N) is 1. The Kier molecular flexibility index (Phi) is 6.18. The Hall–Kier alpha value is -0.150. The van der Waals surface area contributed by atoms with Crippen LogP contribution in [0, 0.1) is 0 Å². The van der Waals surface area contributed by atoms with E-state index in [0.717, 1.165) is 19.6 Å². The first-order valence-electron chi connectivity index (χ1n) is 6.27. The molecule has 0 aromatic rings. The molecule has 90 valence electrons. The zero-order valence-corrected chi connectivity index (χ0v) is 10.1. The van der Waals surface area contributed by atoms with E-state index in [-0.39, 0.29) is 6.67 Å². The predicted molar refractivity (Wildman–Crippen MR) is 62.9 cm³/mol. The molecule has 1 rings (SSSR count). The summed E-state index contributed by atoms with van der Waals surface area (Å²) in [7, 11) is 0. The molecule has 0 amide bonds. The number of piperidine rings is 1. The lowest BCUT2D eigenvalue weighted by molar-refractivity contribution is 0.138. The number of nitrogens with zero attached hydrogens (tertiary/aromatic N) is 1. The number of hydrogen-bond donors (Lipinski definition) is 1. The van der Waals surface area contributed by atoms with E-state index >= 15 is 0 Å². The molecule has 0 spiro atoms. The fourth-order valence-electron chi connectivity index (χ4n) is 2.22. The summed E-state index contributed by atoms with van der Waals surface area (Å²) in [6, 6.07) is 1.18. The largest absolute Gasteiger partial charge is 0.313 e. The third kappa shape index (κ3) is 4.94. The molecule has 0 saturated carbocycles. The van der Waals surface area contributed by atoms with Crippen LogP contribution >= 0.6 is 0 Å². The van der Waals surface area contributed by atoms with Crippen molar-refractivity contribution < 1.29 is 4.39 Å². The number of rotatable bonds is 6. The molecule has 1 aliphatic rings. The van der Waals surface area contributed by atoms with Crippen molar-refractivity contribution in [2.45, 2.75) is 51.6 Å². The molecule has 1 aliphatic heterocycles. The van der Waals surface area contributed by atoms with E-state index in [4.69, 9.17) is 0 Å². The van der Waals surface area contributed by atoms with Crippen LogP contribution < -0.4 is 5.32 Å². The Bertz CT molecular complexity index is 162. The Balaban J connectivity index is 2.29. The maximum Gasteiger partial charge on any atom is 0.0906 e. The first-order chi connectivity index (χ1) is 7.24. The highest BCUT2D eigenvalue weighted by atomic mass is 19.1. The molecule has 0 aromatic carbocycles. The van der Waals surface area contributed by atoms with Crippen molar-refractivity contribution >= 4 is 0 Å². The third-order valence-corrected chi connectivity index (χ3v) is 3.09. The van der Waals surface area contributed by atoms with Gasteiger partial charge in [0.1, 0.15) is 0 Å². The van der Waals surface area contributed by atoms with E-state index in [1.165, 1.54) is 19.3 Å². The molecule has 15 heavy (non-hydrogen) atoms. The highest BCUT2D eigenvalue weighted by molar-refractivity contribution is 4.79. The quantitative estimate of drug-likeness (QED) is 0.732. The van der Waals surface area contributed by atoms with Crippen LogP contribution in [-0.2, 0) is 0 Å². The maximum atomic E-state index is 12.1. The smallest absolute Gasteiger partial charge is 0.0906 e. The summed E-state index contributed by atoms with van der Waals surface area (Å²) < 4.78 is 12.1. The summed E-state index contributed by atoms with van der Waals surface area (Å²) in [5, 5.41) is 3.49. The molecule has 3 heteroatoms. The Morgan fingerprint density at radius 2 is 2.20 bits per heavy atom. The predicted octanol–water partition coefficient (Wildman–Crippen LogP) is 2.20. The van der Waals surface area contributed by atoms with Gasteiger partial charge in [-0.3, -0.25) is 9.29 Å². The van der Waals surface area contributed by atoms with Crippen LogP contribution in [0.1, 0.15) is 39.5 Å². The monoisotopic (exact) mass is 216 g/mol. The summed E-state index contributed by atoms with van der Waals surface area (Å²) in [5.74, 6) is 0. The lowest BCUT2D eigenvalue weighted by Gasteiger charge is -2.36. The molecular formula is C12H25FN2. The van der Waals surface area contributed by atoms with E-state index in [2.05, 4.69) is 24.1 Å². The Morgan fingerprint density at radius 1 is 1.40 bits per heavy atom. The topological polar surface area (TPSA) is 15.3 Å². The SMILES string of the molecule is CC(C)NCC1CCCCN1CCCF. The van der Waals surface area contributed by atoms with Gasteiger partial charge in [-0.05, 0) is 25.8 Å². The fourth-order valence-corrected chi connectivity index (χ4v) is 2.22. The standard InChI is InChI=1S/C12H25FN2/c1-11(2)14-10-12-6-3-4-8-15(12)9-5-7-13/h11-12,14H,3-10H2,1-2H3. The average molecular weight is 216 g/mol.